The molecule has 50 heavy (non-hydrogen) atoms. The monoisotopic (exact) mass is 753 g/mol. The van der Waals surface area contributed by atoms with Crippen molar-refractivity contribution in [1.29, 1.82) is 0 Å². The van der Waals surface area contributed by atoms with Gasteiger partial charge >= 0.3 is 51.4 Å². The molecule has 0 amide bonds. The quantitative estimate of drug-likeness (QED) is 0.0269. The number of hydrogen-bond donors (Lipinski definition) is 0. The molecular weight excluding hydrogens is 664 g/mol. The van der Waals surface area contributed by atoms with E-state index < -0.39 is 10.4 Å². The Kier molecular flexibility index (Phi) is 48.1. The second kappa shape index (κ2) is 44.9. The van der Waals surface area contributed by atoms with E-state index in [1.165, 1.54) is 231 Å². The molecule has 0 bridgehead atoms. The molecular formula is C44H89KO4S. The molecule has 0 N–H and O–H groups in total. The van der Waals surface area contributed by atoms with Gasteiger partial charge in [-0.05, 0) is 18.8 Å². The average molecular weight is 753 g/mol. The Morgan fingerprint density at radius 2 is 0.540 bits per heavy atom. The first kappa shape index (κ1) is 53.6. The summed E-state index contributed by atoms with van der Waals surface area (Å²) in [6.45, 7) is 4.65. The van der Waals surface area contributed by atoms with E-state index in [0.717, 1.165) is 25.7 Å². The molecule has 0 spiro atoms. The summed E-state index contributed by atoms with van der Waals surface area (Å²) in [5, 5.41) is 0. The Morgan fingerprint density at radius 3 is 0.720 bits per heavy atom. The fourth-order valence-corrected chi connectivity index (χ4v) is 7.87. The summed E-state index contributed by atoms with van der Waals surface area (Å²) in [5.74, 6) is 0.195. The van der Waals surface area contributed by atoms with Crippen LogP contribution in [0.3, 0.4) is 0 Å². The molecule has 0 aliphatic rings. The summed E-state index contributed by atoms with van der Waals surface area (Å²) in [5.41, 5.74) is 0. The van der Waals surface area contributed by atoms with Crippen LogP contribution in [0.1, 0.15) is 271 Å². The molecule has 0 aromatic rings. The largest absolute Gasteiger partial charge is 1.00 e. The molecule has 296 valence electrons. The van der Waals surface area contributed by atoms with Crippen LogP contribution in [0.2, 0.25) is 0 Å². The van der Waals surface area contributed by atoms with Gasteiger partial charge in [0.05, 0.1) is 6.61 Å². The summed E-state index contributed by atoms with van der Waals surface area (Å²) in [4.78, 5) is 0. The zero-order valence-electron chi connectivity index (χ0n) is 34.6. The topological polar surface area (TPSA) is 66.4 Å². The molecule has 0 aromatic heterocycles. The van der Waals surface area contributed by atoms with Gasteiger partial charge in [0, 0.05) is 0 Å². The van der Waals surface area contributed by atoms with Crippen molar-refractivity contribution in [2.24, 2.45) is 5.92 Å². The molecule has 0 aromatic carbocycles. The van der Waals surface area contributed by atoms with Crippen molar-refractivity contribution in [1.82, 2.24) is 0 Å². The minimum atomic E-state index is -4.60. The van der Waals surface area contributed by atoms with E-state index in [1.807, 2.05) is 0 Å². The van der Waals surface area contributed by atoms with Crippen LogP contribution in [0.5, 0.6) is 0 Å². The first-order valence-electron chi connectivity index (χ1n) is 22.6. The van der Waals surface area contributed by atoms with Crippen LogP contribution in [0.4, 0.5) is 0 Å². The van der Waals surface area contributed by atoms with Crippen LogP contribution < -0.4 is 51.4 Å². The third kappa shape index (κ3) is 47.5. The van der Waals surface area contributed by atoms with E-state index in [-0.39, 0.29) is 63.9 Å². The minimum Gasteiger partial charge on any atom is -0.726 e. The molecule has 1 atom stereocenters. The molecule has 1 unspecified atom stereocenters. The first-order valence-corrected chi connectivity index (χ1v) is 23.9. The van der Waals surface area contributed by atoms with Gasteiger partial charge in [-0.2, -0.15) is 0 Å². The van der Waals surface area contributed by atoms with E-state index in [0.29, 0.717) is 0 Å². The van der Waals surface area contributed by atoms with E-state index in [9.17, 15) is 13.0 Å². The van der Waals surface area contributed by atoms with Crippen molar-refractivity contribution < 1.29 is 68.5 Å². The maximum atomic E-state index is 11.1. The molecule has 0 heterocycles. The van der Waals surface area contributed by atoms with Gasteiger partial charge in [0.1, 0.15) is 0 Å². The summed E-state index contributed by atoms with van der Waals surface area (Å²) in [6, 6.07) is 0. The smallest absolute Gasteiger partial charge is 0.726 e. The van der Waals surface area contributed by atoms with Gasteiger partial charge in [0.25, 0.3) is 0 Å². The predicted molar refractivity (Wildman–Crippen MR) is 215 cm³/mol. The third-order valence-electron chi connectivity index (χ3n) is 10.9. The number of unbranched alkanes of at least 4 members (excludes halogenated alkanes) is 36. The molecule has 0 fully saturated rings. The van der Waals surface area contributed by atoms with Crippen LogP contribution in [0.15, 0.2) is 0 Å². The second-order valence-electron chi connectivity index (χ2n) is 15.9. The van der Waals surface area contributed by atoms with E-state index in [2.05, 4.69) is 18.0 Å². The second-order valence-corrected chi connectivity index (χ2v) is 16.9. The zero-order valence-corrected chi connectivity index (χ0v) is 38.5. The summed E-state index contributed by atoms with van der Waals surface area (Å²) < 4.78 is 37.9. The van der Waals surface area contributed by atoms with Crippen LogP contribution in [0, 0.1) is 5.92 Å². The Morgan fingerprint density at radius 1 is 0.360 bits per heavy atom. The molecule has 0 saturated heterocycles. The third-order valence-corrected chi connectivity index (χ3v) is 11.3. The predicted octanol–water partition coefficient (Wildman–Crippen LogP) is 12.7. The maximum Gasteiger partial charge on any atom is 1.00 e. The summed E-state index contributed by atoms with van der Waals surface area (Å²) >= 11 is 0. The Labute approximate surface area is 358 Å². The van der Waals surface area contributed by atoms with Gasteiger partial charge < -0.3 is 4.55 Å². The van der Waals surface area contributed by atoms with Gasteiger partial charge in [-0.1, -0.05) is 258 Å². The summed E-state index contributed by atoms with van der Waals surface area (Å²) in [7, 11) is -4.60. The van der Waals surface area contributed by atoms with Gasteiger partial charge in [-0.15, -0.1) is 0 Å². The van der Waals surface area contributed by atoms with Gasteiger partial charge in [-0.3, -0.25) is 4.18 Å². The molecule has 6 heteroatoms. The molecule has 0 radical (unpaired) electrons. The minimum absolute atomic E-state index is 0. The standard InChI is InChI=1S/C44H90O4S.K/c1-3-5-7-9-11-13-15-17-19-21-23-24-26-28-30-32-34-36-38-40-42-44(43-48-49(45,46)47)41-39-37-35-33-31-29-27-25-22-20-18-16-14-12-10-8-6-4-2;/h44H,3-43H2,1-2H3,(H,45,46,47);/q;+1/p-1. The van der Waals surface area contributed by atoms with Crippen molar-refractivity contribution in [2.45, 2.75) is 271 Å². The van der Waals surface area contributed by atoms with Crippen molar-refractivity contribution in [3.63, 3.8) is 0 Å². The van der Waals surface area contributed by atoms with Crippen molar-refractivity contribution in [2.75, 3.05) is 6.61 Å². The Bertz CT molecular complexity index is 717. The number of rotatable bonds is 43. The molecule has 0 aliphatic carbocycles. The Hall–Kier alpha value is 1.51. The fraction of sp³-hybridized carbons (Fsp3) is 1.00. The van der Waals surface area contributed by atoms with E-state index in [1.54, 1.807) is 0 Å². The average Bonchev–Trinajstić information content (AvgIpc) is 3.08. The molecule has 0 aliphatic heterocycles. The van der Waals surface area contributed by atoms with Gasteiger partial charge in [0.15, 0.2) is 0 Å². The first-order chi connectivity index (χ1) is 24.0. The molecule has 4 nitrogen and oxygen atoms in total. The van der Waals surface area contributed by atoms with Crippen molar-refractivity contribution in [3.05, 3.63) is 0 Å². The van der Waals surface area contributed by atoms with Crippen molar-refractivity contribution in [3.8, 4) is 0 Å². The van der Waals surface area contributed by atoms with Crippen LogP contribution >= 0.6 is 0 Å². The number of hydrogen-bond acceptors (Lipinski definition) is 4. The van der Waals surface area contributed by atoms with Gasteiger partial charge in [-0.25, -0.2) is 8.42 Å². The SMILES string of the molecule is CCCCCCCCCCCCCCCCCCCCCCC(CCCCCCCCCCCCCCCCCCCC)COS(=O)(=O)[O-].[K+]. The normalized spacial score (nSPS) is 12.4. The fourth-order valence-electron chi connectivity index (χ4n) is 7.51. The van der Waals surface area contributed by atoms with E-state index in [4.69, 9.17) is 0 Å². The Balaban J connectivity index is 0. The van der Waals surface area contributed by atoms with E-state index >= 15 is 0 Å². The van der Waals surface area contributed by atoms with Crippen molar-refractivity contribution >= 4 is 10.4 Å². The maximum absolute atomic E-state index is 11.1. The zero-order chi connectivity index (χ0) is 35.8. The molecule has 0 rings (SSSR count). The van der Waals surface area contributed by atoms with Crippen LogP contribution in [-0.2, 0) is 14.6 Å². The summed E-state index contributed by atoms with van der Waals surface area (Å²) in [6.07, 6.45) is 54.1. The van der Waals surface area contributed by atoms with Crippen LogP contribution in [-0.4, -0.2) is 19.6 Å². The van der Waals surface area contributed by atoms with Gasteiger partial charge in [0.2, 0.25) is 10.4 Å². The van der Waals surface area contributed by atoms with Crippen LogP contribution in [0.25, 0.3) is 0 Å². The molecule has 0 saturated carbocycles.